The number of carbonyl (C=O) groups excluding carboxylic acids is 3. The second kappa shape index (κ2) is 12.5. The van der Waals surface area contributed by atoms with E-state index in [1.165, 1.54) is 33.3 Å². The van der Waals surface area contributed by atoms with Crippen LogP contribution in [0.25, 0.3) is 0 Å². The first-order chi connectivity index (χ1) is 21.9. The molecule has 0 bridgehead atoms. The Morgan fingerprint density at radius 1 is 0.957 bits per heavy atom. The van der Waals surface area contributed by atoms with Crippen LogP contribution in [0.4, 0.5) is 0 Å². The molecule has 1 aromatic heterocycles. The van der Waals surface area contributed by atoms with Gasteiger partial charge in [-0.2, -0.15) is 0 Å². The van der Waals surface area contributed by atoms with Gasteiger partial charge in [-0.25, -0.2) is 4.79 Å². The molecule has 1 saturated heterocycles. The van der Waals surface area contributed by atoms with E-state index in [2.05, 4.69) is 6.92 Å². The lowest BCUT2D eigenvalue weighted by molar-refractivity contribution is -0.316. The van der Waals surface area contributed by atoms with E-state index in [9.17, 15) is 24.3 Å². The van der Waals surface area contributed by atoms with E-state index in [0.717, 1.165) is 37.7 Å². The zero-order valence-electron chi connectivity index (χ0n) is 27.5. The minimum Gasteiger partial charge on any atom is -0.457 e. The number of fused-ring (bicyclic) bond motifs is 5. The second-order valence-electron chi connectivity index (χ2n) is 14.7. The minimum absolute atomic E-state index is 0.00225. The third kappa shape index (κ3) is 5.35. The molecule has 2 heterocycles. The SMILES string of the molecule is CO[C@H]1[C@@H](OC(C)=O)[C@@H](O[C@@H]2CC[C@@]3(C=O)[C@@H](CC[C@@H]4[C@@H]3CC[C@]3(C)[C@H](c5ccc(=O)oc5)CC[C@]43O)C2)O[C@@H](C)[C@H]1OC(C)=O. The van der Waals surface area contributed by atoms with E-state index in [4.69, 9.17) is 28.1 Å². The maximum absolute atomic E-state index is 13.2. The first-order valence-corrected chi connectivity index (χ1v) is 16.8. The highest BCUT2D eigenvalue weighted by atomic mass is 16.7. The Bertz CT molecular complexity index is 1360. The minimum atomic E-state index is -0.949. The lowest BCUT2D eigenvalue weighted by atomic mass is 9.43. The molecule has 4 saturated carbocycles. The van der Waals surface area contributed by atoms with Gasteiger partial charge in [0.05, 0.1) is 24.1 Å². The molecule has 11 heteroatoms. The predicted octanol–water partition coefficient (Wildman–Crippen LogP) is 4.07. The van der Waals surface area contributed by atoms with Gasteiger partial charge in [-0.3, -0.25) is 9.59 Å². The van der Waals surface area contributed by atoms with Crippen LogP contribution in [0.3, 0.4) is 0 Å². The summed E-state index contributed by atoms with van der Waals surface area (Å²) in [5.41, 5.74) is -1.28. The van der Waals surface area contributed by atoms with Gasteiger partial charge in [-0.1, -0.05) is 6.92 Å². The number of hydrogen-bond acceptors (Lipinski definition) is 11. The van der Waals surface area contributed by atoms with Crippen molar-refractivity contribution in [3.05, 3.63) is 34.4 Å². The Morgan fingerprint density at radius 2 is 1.70 bits per heavy atom. The fraction of sp³-hybridized carbons (Fsp3) is 0.771. The molecule has 0 amide bonds. The fourth-order valence-electron chi connectivity index (χ4n) is 10.5. The number of methoxy groups -OCH3 is 1. The average Bonchev–Trinajstić information content (AvgIpc) is 3.30. The number of ether oxygens (including phenoxy) is 5. The molecule has 0 aromatic carbocycles. The Morgan fingerprint density at radius 3 is 2.35 bits per heavy atom. The van der Waals surface area contributed by atoms with Crippen molar-refractivity contribution in [1.82, 2.24) is 0 Å². The van der Waals surface area contributed by atoms with E-state index in [1.54, 1.807) is 13.2 Å². The molecule has 46 heavy (non-hydrogen) atoms. The molecule has 13 atom stereocenters. The van der Waals surface area contributed by atoms with Gasteiger partial charge < -0.3 is 38.0 Å². The summed E-state index contributed by atoms with van der Waals surface area (Å²) in [5, 5.41) is 12.5. The summed E-state index contributed by atoms with van der Waals surface area (Å²) in [6, 6.07) is 3.29. The van der Waals surface area contributed by atoms with Gasteiger partial charge in [-0.15, -0.1) is 0 Å². The second-order valence-corrected chi connectivity index (χ2v) is 14.7. The number of rotatable bonds is 7. The molecule has 254 valence electrons. The molecular weight excluding hydrogens is 596 g/mol. The van der Waals surface area contributed by atoms with Gasteiger partial charge in [0.25, 0.3) is 0 Å². The number of hydrogen-bond donors (Lipinski definition) is 1. The van der Waals surface area contributed by atoms with Gasteiger partial charge in [0.1, 0.15) is 12.4 Å². The third-order valence-electron chi connectivity index (χ3n) is 12.6. The van der Waals surface area contributed by atoms with Crippen molar-refractivity contribution < 1.29 is 47.6 Å². The molecule has 6 rings (SSSR count). The van der Waals surface area contributed by atoms with Gasteiger partial charge >= 0.3 is 17.6 Å². The van der Waals surface area contributed by atoms with Crippen molar-refractivity contribution in [2.24, 2.45) is 28.6 Å². The Balaban J connectivity index is 1.19. The maximum atomic E-state index is 13.2. The van der Waals surface area contributed by atoms with E-state index in [0.29, 0.717) is 25.7 Å². The van der Waals surface area contributed by atoms with Crippen LogP contribution in [0.5, 0.6) is 0 Å². The van der Waals surface area contributed by atoms with E-state index in [-0.39, 0.29) is 40.8 Å². The van der Waals surface area contributed by atoms with Crippen molar-refractivity contribution in [3.63, 3.8) is 0 Å². The topological polar surface area (TPSA) is 148 Å². The molecule has 0 radical (unpaired) electrons. The molecule has 5 aliphatic rings. The van der Waals surface area contributed by atoms with Crippen LogP contribution in [0.2, 0.25) is 0 Å². The van der Waals surface area contributed by atoms with Crippen molar-refractivity contribution >= 4 is 18.2 Å². The highest BCUT2D eigenvalue weighted by Gasteiger charge is 2.68. The normalized spacial score (nSPS) is 45.1. The van der Waals surface area contributed by atoms with Crippen LogP contribution in [-0.2, 0) is 38.1 Å². The van der Waals surface area contributed by atoms with Crippen molar-refractivity contribution in [1.29, 1.82) is 0 Å². The summed E-state index contributed by atoms with van der Waals surface area (Å²) in [6.07, 6.45) is 5.09. The average molecular weight is 645 g/mol. The molecular formula is C35H48O11. The molecule has 1 N–H and O–H groups in total. The lowest BCUT2D eigenvalue weighted by Crippen LogP contribution is -2.63. The van der Waals surface area contributed by atoms with Crippen LogP contribution in [0.15, 0.2) is 27.6 Å². The number of carbonyl (C=O) groups is 3. The highest BCUT2D eigenvalue weighted by molar-refractivity contribution is 5.67. The van der Waals surface area contributed by atoms with E-state index >= 15 is 0 Å². The molecule has 11 nitrogen and oxygen atoms in total. The van der Waals surface area contributed by atoms with Gasteiger partial charge in [0.2, 0.25) is 0 Å². The zero-order chi connectivity index (χ0) is 33.0. The number of esters is 2. The van der Waals surface area contributed by atoms with Crippen LogP contribution in [0.1, 0.15) is 97.0 Å². The molecule has 0 unspecified atom stereocenters. The van der Waals surface area contributed by atoms with Crippen molar-refractivity contribution in [2.45, 2.75) is 134 Å². The molecule has 1 aromatic rings. The first-order valence-electron chi connectivity index (χ1n) is 16.8. The monoisotopic (exact) mass is 644 g/mol. The zero-order valence-corrected chi connectivity index (χ0v) is 27.5. The van der Waals surface area contributed by atoms with Crippen LogP contribution >= 0.6 is 0 Å². The molecule has 1 aliphatic heterocycles. The largest absolute Gasteiger partial charge is 0.457 e. The van der Waals surface area contributed by atoms with Crippen molar-refractivity contribution in [2.75, 3.05) is 7.11 Å². The summed E-state index contributed by atoms with van der Waals surface area (Å²) in [4.78, 5) is 48.7. The van der Waals surface area contributed by atoms with E-state index < -0.39 is 53.7 Å². The summed E-state index contributed by atoms with van der Waals surface area (Å²) in [5.74, 6) is -0.795. The van der Waals surface area contributed by atoms with Crippen LogP contribution < -0.4 is 5.63 Å². The quantitative estimate of drug-likeness (QED) is 0.260. The van der Waals surface area contributed by atoms with Crippen LogP contribution in [0, 0.1) is 28.6 Å². The Kier molecular flexibility index (Phi) is 9.01. The smallest absolute Gasteiger partial charge is 0.335 e. The van der Waals surface area contributed by atoms with Gasteiger partial charge in [0, 0.05) is 37.9 Å². The number of aliphatic hydroxyl groups is 1. The van der Waals surface area contributed by atoms with Crippen LogP contribution in [-0.4, -0.2) is 72.9 Å². The third-order valence-corrected chi connectivity index (χ3v) is 12.6. The molecule has 0 spiro atoms. The van der Waals surface area contributed by atoms with E-state index in [1.807, 2.05) is 6.07 Å². The summed E-state index contributed by atoms with van der Waals surface area (Å²) >= 11 is 0. The molecule has 4 aliphatic carbocycles. The standard InChI is InChI=1S/C35H48O11/c1-19-29(44-20(2)37)30(41-5)31(45-21(3)38)32(43-19)46-24-10-14-34(18-36)23(16-24)7-8-27-26(34)11-13-33(4)25(12-15-35(27,33)40)22-6-9-28(39)42-17-22/h6,9,17-19,23-27,29-32,40H,7-8,10-16H2,1-5H3/t19-,23-,24+,25-,26-,27+,29+,30+,31+,32+,33+,34+,35-/m0/s1. The summed E-state index contributed by atoms with van der Waals surface area (Å²) < 4.78 is 34.7. The summed E-state index contributed by atoms with van der Waals surface area (Å²) in [6.45, 7) is 6.55. The molecule has 5 fully saturated rings. The maximum Gasteiger partial charge on any atom is 0.335 e. The number of aldehydes is 1. The first kappa shape index (κ1) is 33.3. The fourth-order valence-corrected chi connectivity index (χ4v) is 10.5. The predicted molar refractivity (Wildman–Crippen MR) is 162 cm³/mol. The van der Waals surface area contributed by atoms with Crippen molar-refractivity contribution in [3.8, 4) is 0 Å². The Hall–Kier alpha value is -2.60. The summed E-state index contributed by atoms with van der Waals surface area (Å²) in [7, 11) is 1.47. The lowest BCUT2D eigenvalue weighted by Gasteiger charge is -2.63. The van der Waals surface area contributed by atoms with Gasteiger partial charge in [0.15, 0.2) is 18.5 Å². The Labute approximate surface area is 269 Å². The van der Waals surface area contributed by atoms with Gasteiger partial charge in [-0.05, 0) is 100 Å². The highest BCUT2D eigenvalue weighted by Crippen LogP contribution is 2.70.